The molecular formula is C18H21N3O2S2. The van der Waals surface area contributed by atoms with Crippen LogP contribution in [0, 0.1) is 0 Å². The Kier molecular flexibility index (Phi) is 5.99. The van der Waals surface area contributed by atoms with Crippen LogP contribution in [0.5, 0.6) is 0 Å². The molecule has 132 valence electrons. The minimum absolute atomic E-state index is 0.304. The molecule has 0 atom stereocenters. The summed E-state index contributed by atoms with van der Waals surface area (Å²) in [6, 6.07) is 5.56. The average molecular weight is 376 g/mol. The summed E-state index contributed by atoms with van der Waals surface area (Å²) in [6.07, 6.45) is 8.33. The molecule has 0 amide bonds. The number of nitrogens with one attached hydrogen (secondary N) is 2. The van der Waals surface area contributed by atoms with Gasteiger partial charge >= 0.3 is 5.97 Å². The van der Waals surface area contributed by atoms with Crippen molar-refractivity contribution < 1.29 is 9.53 Å². The quantitative estimate of drug-likeness (QED) is 0.612. The highest BCUT2D eigenvalue weighted by molar-refractivity contribution is 7.80. The van der Waals surface area contributed by atoms with Crippen molar-refractivity contribution in [2.24, 2.45) is 0 Å². The molecule has 1 aliphatic rings. The first kappa shape index (κ1) is 17.8. The van der Waals surface area contributed by atoms with Crippen LogP contribution in [0.15, 0.2) is 24.4 Å². The molecule has 0 saturated carbocycles. The van der Waals surface area contributed by atoms with Crippen molar-refractivity contribution in [3.63, 3.8) is 0 Å². The highest BCUT2D eigenvalue weighted by Crippen LogP contribution is 2.37. The average Bonchev–Trinajstić information content (AvgIpc) is 2.91. The molecule has 0 spiro atoms. The normalized spacial score (nSPS) is 14.0. The zero-order valence-corrected chi connectivity index (χ0v) is 15.8. The molecule has 0 radical (unpaired) electrons. The Morgan fingerprint density at radius 1 is 1.20 bits per heavy atom. The summed E-state index contributed by atoms with van der Waals surface area (Å²) in [7, 11) is 1.42. The van der Waals surface area contributed by atoms with E-state index < -0.39 is 0 Å². The van der Waals surface area contributed by atoms with Gasteiger partial charge in [0.25, 0.3) is 0 Å². The Morgan fingerprint density at radius 2 is 2.00 bits per heavy atom. The highest BCUT2D eigenvalue weighted by atomic mass is 32.1. The van der Waals surface area contributed by atoms with Gasteiger partial charge in [-0.25, -0.2) is 9.78 Å². The van der Waals surface area contributed by atoms with Gasteiger partial charge in [0.05, 0.1) is 12.7 Å². The summed E-state index contributed by atoms with van der Waals surface area (Å²) in [5.41, 5.74) is 1.76. The molecule has 1 aliphatic carbocycles. The number of hydrogen-bond acceptors (Lipinski definition) is 5. The number of esters is 1. The van der Waals surface area contributed by atoms with Crippen molar-refractivity contribution in [1.82, 2.24) is 4.98 Å². The lowest BCUT2D eigenvalue weighted by molar-refractivity contribution is 0.0601. The largest absolute Gasteiger partial charge is 0.465 e. The van der Waals surface area contributed by atoms with Crippen LogP contribution >= 0.6 is 23.6 Å². The van der Waals surface area contributed by atoms with Gasteiger partial charge < -0.3 is 15.4 Å². The number of aromatic nitrogens is 1. The highest BCUT2D eigenvalue weighted by Gasteiger charge is 2.25. The van der Waals surface area contributed by atoms with Gasteiger partial charge in [0.15, 0.2) is 5.11 Å². The van der Waals surface area contributed by atoms with Crippen molar-refractivity contribution in [3.8, 4) is 0 Å². The second-order valence-electron chi connectivity index (χ2n) is 5.91. The lowest BCUT2D eigenvalue weighted by atomic mass is 9.96. The molecule has 7 heteroatoms. The van der Waals surface area contributed by atoms with E-state index in [-0.39, 0.29) is 5.97 Å². The van der Waals surface area contributed by atoms with Crippen LogP contribution in [0.2, 0.25) is 0 Å². The number of rotatable bonds is 3. The number of carbonyl (C=O) groups excluding carboxylic acids is 1. The number of methoxy groups -OCH3 is 1. The third kappa shape index (κ3) is 4.35. The predicted octanol–water partition coefficient (Wildman–Crippen LogP) is 4.40. The molecule has 0 aromatic carbocycles. The van der Waals surface area contributed by atoms with Crippen molar-refractivity contribution in [2.75, 3.05) is 17.7 Å². The van der Waals surface area contributed by atoms with Crippen LogP contribution in [0.1, 0.15) is 46.5 Å². The van der Waals surface area contributed by atoms with Crippen LogP contribution < -0.4 is 10.6 Å². The number of aryl methyl sites for hydroxylation is 1. The molecule has 0 unspecified atom stereocenters. The zero-order chi connectivity index (χ0) is 17.6. The fourth-order valence-electron chi connectivity index (χ4n) is 3.01. The molecular weight excluding hydrogens is 354 g/mol. The molecule has 0 saturated heterocycles. The van der Waals surface area contributed by atoms with Gasteiger partial charge in [0.1, 0.15) is 10.8 Å². The zero-order valence-electron chi connectivity index (χ0n) is 14.1. The summed E-state index contributed by atoms with van der Waals surface area (Å²) < 4.78 is 5.02. The Labute approximate surface area is 156 Å². The van der Waals surface area contributed by atoms with E-state index in [2.05, 4.69) is 15.6 Å². The smallest absolute Gasteiger partial charge is 0.341 e. The van der Waals surface area contributed by atoms with Gasteiger partial charge in [-0.2, -0.15) is 0 Å². The SMILES string of the molecule is COC(=O)c1c(NC(=S)Nc2ccccn2)sc2c1CCCCCC2. The van der Waals surface area contributed by atoms with Crippen LogP contribution in [0.25, 0.3) is 0 Å². The van der Waals surface area contributed by atoms with Gasteiger partial charge in [0.2, 0.25) is 0 Å². The minimum atomic E-state index is -0.304. The number of ether oxygens (including phenoxy) is 1. The van der Waals surface area contributed by atoms with Gasteiger partial charge in [0, 0.05) is 11.1 Å². The van der Waals surface area contributed by atoms with Crippen molar-refractivity contribution in [2.45, 2.75) is 38.5 Å². The topological polar surface area (TPSA) is 63.2 Å². The maximum atomic E-state index is 12.4. The molecule has 0 fully saturated rings. The predicted molar refractivity (Wildman–Crippen MR) is 106 cm³/mol. The Bertz CT molecular complexity index is 759. The summed E-state index contributed by atoms with van der Waals surface area (Å²) in [4.78, 5) is 17.8. The summed E-state index contributed by atoms with van der Waals surface area (Å²) in [5.74, 6) is 0.357. The summed E-state index contributed by atoms with van der Waals surface area (Å²) in [6.45, 7) is 0. The minimum Gasteiger partial charge on any atom is -0.465 e. The van der Waals surface area contributed by atoms with Gasteiger partial charge in [-0.1, -0.05) is 18.9 Å². The van der Waals surface area contributed by atoms with Gasteiger partial charge in [-0.15, -0.1) is 11.3 Å². The number of pyridine rings is 1. The number of nitrogens with zero attached hydrogens (tertiary/aromatic N) is 1. The number of hydrogen-bond donors (Lipinski definition) is 2. The van der Waals surface area contributed by atoms with Crippen LogP contribution in [-0.4, -0.2) is 23.2 Å². The number of thiophene rings is 1. The van der Waals surface area contributed by atoms with E-state index in [1.54, 1.807) is 17.5 Å². The number of carbonyl (C=O) groups is 1. The lowest BCUT2D eigenvalue weighted by Crippen LogP contribution is -2.20. The molecule has 2 aromatic heterocycles. The summed E-state index contributed by atoms with van der Waals surface area (Å²) in [5, 5.41) is 7.39. The standard InChI is InChI=1S/C18H21N3O2S2/c1-23-17(22)15-12-8-4-2-3-5-9-13(12)25-16(15)21-18(24)20-14-10-6-7-11-19-14/h6-7,10-11H,2-5,8-9H2,1H3,(H2,19,20,21,24). The lowest BCUT2D eigenvalue weighted by Gasteiger charge is -2.11. The van der Waals surface area contributed by atoms with E-state index >= 15 is 0 Å². The van der Waals surface area contributed by atoms with Crippen molar-refractivity contribution in [3.05, 3.63) is 40.4 Å². The third-order valence-electron chi connectivity index (χ3n) is 4.19. The van der Waals surface area contributed by atoms with E-state index in [0.29, 0.717) is 16.5 Å². The molecule has 0 aliphatic heterocycles. The monoisotopic (exact) mass is 375 g/mol. The number of anilines is 2. The molecule has 2 heterocycles. The fourth-order valence-corrected chi connectivity index (χ4v) is 4.57. The number of thiocarbonyl (C=S) groups is 1. The Morgan fingerprint density at radius 3 is 2.72 bits per heavy atom. The maximum Gasteiger partial charge on any atom is 0.341 e. The molecule has 5 nitrogen and oxygen atoms in total. The first-order valence-corrected chi connectivity index (χ1v) is 9.63. The van der Waals surface area contributed by atoms with Crippen LogP contribution in [0.3, 0.4) is 0 Å². The molecule has 25 heavy (non-hydrogen) atoms. The van der Waals surface area contributed by atoms with Gasteiger partial charge in [-0.05, 0) is 55.6 Å². The second-order valence-corrected chi connectivity index (χ2v) is 7.42. The van der Waals surface area contributed by atoms with E-state index in [1.807, 2.05) is 18.2 Å². The molecule has 3 rings (SSSR count). The van der Waals surface area contributed by atoms with E-state index in [9.17, 15) is 4.79 Å². The van der Waals surface area contributed by atoms with Crippen molar-refractivity contribution in [1.29, 1.82) is 0 Å². The summed E-state index contributed by atoms with van der Waals surface area (Å²) >= 11 is 6.99. The first-order valence-electron chi connectivity index (χ1n) is 8.41. The second kappa shape index (κ2) is 8.40. The van der Waals surface area contributed by atoms with Crippen LogP contribution in [0.4, 0.5) is 10.8 Å². The molecule has 0 bridgehead atoms. The van der Waals surface area contributed by atoms with E-state index in [4.69, 9.17) is 17.0 Å². The van der Waals surface area contributed by atoms with Gasteiger partial charge in [-0.3, -0.25) is 0 Å². The first-order chi connectivity index (χ1) is 12.2. The maximum absolute atomic E-state index is 12.4. The molecule has 2 N–H and O–H groups in total. The number of fused-ring (bicyclic) bond motifs is 1. The van der Waals surface area contributed by atoms with Crippen molar-refractivity contribution >= 4 is 45.5 Å². The molecule has 2 aromatic rings. The van der Waals surface area contributed by atoms with E-state index in [1.165, 1.54) is 24.8 Å². The Balaban J connectivity index is 1.85. The van der Waals surface area contributed by atoms with Crippen LogP contribution in [-0.2, 0) is 17.6 Å². The van der Waals surface area contributed by atoms with E-state index in [0.717, 1.165) is 36.2 Å². The Hall–Kier alpha value is -1.99. The third-order valence-corrected chi connectivity index (χ3v) is 5.61. The fraction of sp³-hybridized carbons (Fsp3) is 0.389.